The van der Waals surface area contributed by atoms with Crippen LogP contribution >= 0.6 is 11.3 Å². The van der Waals surface area contributed by atoms with E-state index in [1.165, 1.54) is 66.9 Å². The molecule has 1 aromatic rings. The third-order valence-electron chi connectivity index (χ3n) is 5.67. The monoisotopic (exact) mass is 332 g/mol. The quantitative estimate of drug-likeness (QED) is 0.736. The maximum Gasteiger partial charge on any atom is 0.107 e. The number of aromatic nitrogens is 1. The number of nitrogens with zero attached hydrogens (tertiary/aromatic N) is 1. The summed E-state index contributed by atoms with van der Waals surface area (Å²) in [7, 11) is 0. The molecule has 128 valence electrons. The Labute approximate surface area is 145 Å². The maximum atomic E-state index is 4.83. The van der Waals surface area contributed by atoms with E-state index in [-0.39, 0.29) is 0 Å². The second-order valence-corrected chi connectivity index (χ2v) is 9.01. The minimum absolute atomic E-state index is 0.292. The van der Waals surface area contributed by atoms with E-state index in [2.05, 4.69) is 38.2 Å². The van der Waals surface area contributed by atoms with Gasteiger partial charge in [0.1, 0.15) is 5.01 Å². The number of allylic oxidation sites excluding steroid dienone is 1. The highest BCUT2D eigenvalue weighted by molar-refractivity contribution is 7.11. The van der Waals surface area contributed by atoms with Crippen LogP contribution in [0.3, 0.4) is 0 Å². The van der Waals surface area contributed by atoms with Gasteiger partial charge in [-0.2, -0.15) is 0 Å². The molecule has 3 unspecified atom stereocenters. The third-order valence-corrected chi connectivity index (χ3v) is 6.80. The fourth-order valence-corrected chi connectivity index (χ4v) is 5.59. The van der Waals surface area contributed by atoms with Crippen LogP contribution in [0.2, 0.25) is 0 Å². The molecule has 3 heteroatoms. The molecule has 23 heavy (non-hydrogen) atoms. The lowest BCUT2D eigenvalue weighted by molar-refractivity contribution is 0.131. The summed E-state index contributed by atoms with van der Waals surface area (Å²) in [6.45, 7) is 8.08. The van der Waals surface area contributed by atoms with Gasteiger partial charge < -0.3 is 5.32 Å². The SMILES string of the molecule is CCCC1CC(CC)CC(C)(NCc2nc3c(s2)CCC=C3)C1. The molecule has 0 spiro atoms. The number of nitrogens with one attached hydrogen (secondary N) is 1. The van der Waals surface area contributed by atoms with Gasteiger partial charge in [0.25, 0.3) is 0 Å². The zero-order valence-corrected chi connectivity index (χ0v) is 15.8. The molecular weight excluding hydrogens is 300 g/mol. The highest BCUT2D eigenvalue weighted by atomic mass is 32.1. The van der Waals surface area contributed by atoms with Crippen LogP contribution in [-0.4, -0.2) is 10.5 Å². The van der Waals surface area contributed by atoms with Crippen LogP contribution in [-0.2, 0) is 13.0 Å². The second kappa shape index (κ2) is 7.48. The first-order valence-corrected chi connectivity index (χ1v) is 10.3. The highest BCUT2D eigenvalue weighted by Gasteiger charge is 2.36. The first-order chi connectivity index (χ1) is 11.1. The van der Waals surface area contributed by atoms with Gasteiger partial charge in [-0.1, -0.05) is 39.2 Å². The fraction of sp³-hybridized carbons (Fsp3) is 0.750. The van der Waals surface area contributed by atoms with E-state index in [9.17, 15) is 0 Å². The standard InChI is InChI=1S/C20H32N2S/c1-4-8-16-11-15(5-2)12-20(3,13-16)21-14-19-22-17-9-6-7-10-18(17)23-19/h6,9,15-16,21H,4-5,7-8,10-14H2,1-3H3. The molecule has 3 atom stereocenters. The molecule has 0 amide bonds. The van der Waals surface area contributed by atoms with Crippen LogP contribution in [0.25, 0.3) is 6.08 Å². The molecule has 2 aliphatic carbocycles. The minimum atomic E-state index is 0.292. The zero-order valence-electron chi connectivity index (χ0n) is 15.0. The fourth-order valence-electron chi connectivity index (χ4n) is 4.58. The molecule has 1 fully saturated rings. The van der Waals surface area contributed by atoms with Gasteiger partial charge in [-0.15, -0.1) is 11.3 Å². The lowest BCUT2D eigenvalue weighted by Gasteiger charge is -2.43. The van der Waals surface area contributed by atoms with Gasteiger partial charge in [0, 0.05) is 17.0 Å². The second-order valence-electron chi connectivity index (χ2n) is 7.84. The summed E-state index contributed by atoms with van der Waals surface area (Å²) in [6, 6.07) is 0. The van der Waals surface area contributed by atoms with Gasteiger partial charge in [-0.25, -0.2) is 4.98 Å². The van der Waals surface area contributed by atoms with Crippen molar-refractivity contribution in [1.29, 1.82) is 0 Å². The average Bonchev–Trinajstić information content (AvgIpc) is 2.96. The van der Waals surface area contributed by atoms with Crippen molar-refractivity contribution in [3.05, 3.63) is 21.7 Å². The van der Waals surface area contributed by atoms with Crippen molar-refractivity contribution in [1.82, 2.24) is 10.3 Å². The van der Waals surface area contributed by atoms with E-state index >= 15 is 0 Å². The summed E-state index contributed by atoms with van der Waals surface area (Å²) >= 11 is 1.92. The lowest BCUT2D eigenvalue weighted by atomic mass is 9.69. The zero-order chi connectivity index (χ0) is 16.3. The molecule has 2 nitrogen and oxygen atoms in total. The van der Waals surface area contributed by atoms with Gasteiger partial charge in [0.2, 0.25) is 0 Å². The molecule has 0 bridgehead atoms. The molecule has 1 aromatic heterocycles. The van der Waals surface area contributed by atoms with Crippen molar-refractivity contribution >= 4 is 17.4 Å². The first kappa shape index (κ1) is 17.2. The van der Waals surface area contributed by atoms with Gasteiger partial charge in [0.05, 0.1) is 5.69 Å². The molecule has 1 heterocycles. The first-order valence-electron chi connectivity index (χ1n) is 9.52. The van der Waals surface area contributed by atoms with Crippen molar-refractivity contribution in [2.24, 2.45) is 11.8 Å². The Bertz CT molecular complexity index is 548. The molecule has 0 aliphatic heterocycles. The van der Waals surface area contributed by atoms with Crippen molar-refractivity contribution in [3.8, 4) is 0 Å². The average molecular weight is 333 g/mol. The summed E-state index contributed by atoms with van der Waals surface area (Å²) in [5, 5.41) is 5.17. The summed E-state index contributed by atoms with van der Waals surface area (Å²) in [5.41, 5.74) is 1.52. The van der Waals surface area contributed by atoms with Gasteiger partial charge in [-0.05, 0) is 56.9 Å². The summed E-state index contributed by atoms with van der Waals surface area (Å²) < 4.78 is 0. The van der Waals surface area contributed by atoms with Gasteiger partial charge >= 0.3 is 0 Å². The van der Waals surface area contributed by atoms with E-state index in [1.807, 2.05) is 11.3 Å². The van der Waals surface area contributed by atoms with Gasteiger partial charge in [-0.3, -0.25) is 0 Å². The van der Waals surface area contributed by atoms with Gasteiger partial charge in [0.15, 0.2) is 0 Å². The number of aryl methyl sites for hydroxylation is 1. The number of fused-ring (bicyclic) bond motifs is 1. The molecule has 3 rings (SSSR count). The van der Waals surface area contributed by atoms with Crippen molar-refractivity contribution in [3.63, 3.8) is 0 Å². The number of hydrogen-bond acceptors (Lipinski definition) is 3. The Hall–Kier alpha value is -0.670. The number of thiazole rings is 1. The molecule has 0 radical (unpaired) electrons. The Balaban J connectivity index is 1.63. The van der Waals surface area contributed by atoms with E-state index in [4.69, 9.17) is 4.98 Å². The molecule has 0 aromatic carbocycles. The van der Waals surface area contributed by atoms with Crippen LogP contribution in [0, 0.1) is 11.8 Å². The van der Waals surface area contributed by atoms with Crippen LogP contribution in [0.1, 0.15) is 81.3 Å². The topological polar surface area (TPSA) is 24.9 Å². The molecule has 2 aliphatic rings. The van der Waals surface area contributed by atoms with Crippen LogP contribution in [0.5, 0.6) is 0 Å². The Morgan fingerprint density at radius 3 is 2.87 bits per heavy atom. The van der Waals surface area contributed by atoms with Crippen LogP contribution < -0.4 is 5.32 Å². The third kappa shape index (κ3) is 4.24. The summed E-state index contributed by atoms with van der Waals surface area (Å²) in [6.07, 6.45) is 15.0. The van der Waals surface area contributed by atoms with E-state index in [1.54, 1.807) is 0 Å². The largest absolute Gasteiger partial charge is 0.305 e. The van der Waals surface area contributed by atoms with Crippen LogP contribution in [0.15, 0.2) is 6.08 Å². The molecule has 1 N–H and O–H groups in total. The van der Waals surface area contributed by atoms with E-state index in [0.29, 0.717) is 5.54 Å². The minimum Gasteiger partial charge on any atom is -0.305 e. The Morgan fingerprint density at radius 1 is 1.30 bits per heavy atom. The number of rotatable bonds is 6. The normalized spacial score (nSPS) is 30.4. The van der Waals surface area contributed by atoms with Crippen molar-refractivity contribution in [2.45, 2.75) is 84.2 Å². The van der Waals surface area contributed by atoms with Crippen molar-refractivity contribution < 1.29 is 0 Å². The van der Waals surface area contributed by atoms with E-state index < -0.39 is 0 Å². The molecular formula is C20H32N2S. The lowest BCUT2D eigenvalue weighted by Crippen LogP contribution is -2.48. The predicted octanol–water partition coefficient (Wildman–Crippen LogP) is 5.58. The summed E-state index contributed by atoms with van der Waals surface area (Å²) in [5.74, 6) is 1.80. The van der Waals surface area contributed by atoms with E-state index in [0.717, 1.165) is 18.4 Å². The smallest absolute Gasteiger partial charge is 0.107 e. The predicted molar refractivity (Wildman–Crippen MR) is 101 cm³/mol. The molecule has 0 saturated heterocycles. The Kier molecular flexibility index (Phi) is 5.58. The summed E-state index contributed by atoms with van der Waals surface area (Å²) in [4.78, 5) is 6.31. The molecule has 1 saturated carbocycles. The highest BCUT2D eigenvalue weighted by Crippen LogP contribution is 2.40. The number of hydrogen-bond donors (Lipinski definition) is 1. The van der Waals surface area contributed by atoms with Crippen molar-refractivity contribution in [2.75, 3.05) is 0 Å². The van der Waals surface area contributed by atoms with Crippen LogP contribution in [0.4, 0.5) is 0 Å². The Morgan fingerprint density at radius 2 is 2.13 bits per heavy atom. The maximum absolute atomic E-state index is 4.83.